The summed E-state index contributed by atoms with van der Waals surface area (Å²) in [6.07, 6.45) is 4.83. The zero-order valence-corrected chi connectivity index (χ0v) is 13.1. The van der Waals surface area contributed by atoms with Crippen LogP contribution < -0.4 is 0 Å². The molecule has 0 amide bonds. The molecule has 1 aliphatic heterocycles. The second-order valence-electron chi connectivity index (χ2n) is 5.45. The Bertz CT molecular complexity index is 496. The van der Waals surface area contributed by atoms with Crippen LogP contribution >= 0.6 is 11.8 Å². The van der Waals surface area contributed by atoms with Crippen LogP contribution in [0.15, 0.2) is 5.16 Å². The Morgan fingerprint density at radius 2 is 2.29 bits per heavy atom. The number of esters is 1. The molecule has 3 rings (SSSR count). The fourth-order valence-electron chi connectivity index (χ4n) is 2.54. The van der Waals surface area contributed by atoms with Gasteiger partial charge < -0.3 is 14.0 Å². The van der Waals surface area contributed by atoms with Crippen LogP contribution in [-0.4, -0.2) is 45.8 Å². The zero-order valence-electron chi connectivity index (χ0n) is 12.3. The quantitative estimate of drug-likeness (QED) is 0.567. The number of hydrogen-bond acceptors (Lipinski definition) is 6. The molecule has 7 heteroatoms. The van der Waals surface area contributed by atoms with E-state index in [-0.39, 0.29) is 17.8 Å². The van der Waals surface area contributed by atoms with Crippen molar-refractivity contribution in [1.29, 1.82) is 0 Å². The minimum Gasteiger partial charge on any atom is -0.465 e. The predicted molar refractivity (Wildman–Crippen MR) is 78.3 cm³/mol. The molecule has 0 bridgehead atoms. The molecule has 0 aromatic carbocycles. The molecule has 1 aliphatic carbocycles. The van der Waals surface area contributed by atoms with Crippen LogP contribution in [0.5, 0.6) is 0 Å². The molecule has 1 aromatic rings. The maximum Gasteiger partial charge on any atom is 0.316 e. The van der Waals surface area contributed by atoms with E-state index in [0.29, 0.717) is 12.5 Å². The first-order valence-corrected chi connectivity index (χ1v) is 8.59. The number of nitrogens with zero attached hydrogens (tertiary/aromatic N) is 3. The van der Waals surface area contributed by atoms with Crippen LogP contribution in [0.2, 0.25) is 0 Å². The number of carbonyl (C=O) groups excluding carboxylic acids is 1. The van der Waals surface area contributed by atoms with Gasteiger partial charge in [-0.25, -0.2) is 0 Å². The molecule has 116 valence electrons. The van der Waals surface area contributed by atoms with E-state index in [1.165, 1.54) is 24.6 Å². The highest BCUT2D eigenvalue weighted by atomic mass is 32.2. The van der Waals surface area contributed by atoms with Gasteiger partial charge in [0.25, 0.3) is 0 Å². The summed E-state index contributed by atoms with van der Waals surface area (Å²) in [7, 11) is 0. The highest BCUT2D eigenvalue weighted by Crippen LogP contribution is 2.40. The van der Waals surface area contributed by atoms with Gasteiger partial charge in [-0.15, -0.1) is 10.2 Å². The summed E-state index contributed by atoms with van der Waals surface area (Å²) < 4.78 is 12.8. The van der Waals surface area contributed by atoms with E-state index in [2.05, 4.69) is 14.8 Å². The van der Waals surface area contributed by atoms with Crippen molar-refractivity contribution in [3.63, 3.8) is 0 Å². The van der Waals surface area contributed by atoms with Gasteiger partial charge in [0, 0.05) is 12.5 Å². The van der Waals surface area contributed by atoms with Crippen LogP contribution in [0.3, 0.4) is 0 Å². The van der Waals surface area contributed by atoms with E-state index in [1.54, 1.807) is 0 Å². The molecule has 0 N–H and O–H groups in total. The Labute approximate surface area is 128 Å². The van der Waals surface area contributed by atoms with Gasteiger partial charge in [0.15, 0.2) is 5.16 Å². The Kier molecular flexibility index (Phi) is 4.80. The SMILES string of the molecule is CCOC(=O)CSc1nnc(C2CC2)n1CC1CCCO1. The maximum absolute atomic E-state index is 11.5. The minimum absolute atomic E-state index is 0.206. The first-order chi connectivity index (χ1) is 10.3. The van der Waals surface area contributed by atoms with Crippen molar-refractivity contribution in [3.05, 3.63) is 5.82 Å². The molecule has 6 nitrogen and oxygen atoms in total. The van der Waals surface area contributed by atoms with Gasteiger partial charge in [-0.2, -0.15) is 0 Å². The molecule has 2 heterocycles. The third-order valence-corrected chi connectivity index (χ3v) is 4.66. The summed E-state index contributed by atoms with van der Waals surface area (Å²) in [5, 5.41) is 9.40. The van der Waals surface area contributed by atoms with Crippen LogP contribution in [0.25, 0.3) is 0 Å². The van der Waals surface area contributed by atoms with E-state index < -0.39 is 0 Å². The molecule has 1 saturated carbocycles. The number of rotatable bonds is 7. The molecule has 21 heavy (non-hydrogen) atoms. The molecular formula is C14H21N3O3S. The number of hydrogen-bond donors (Lipinski definition) is 0. The molecule has 2 fully saturated rings. The van der Waals surface area contributed by atoms with Gasteiger partial charge in [-0.3, -0.25) is 4.79 Å². The van der Waals surface area contributed by atoms with Crippen molar-refractivity contribution in [1.82, 2.24) is 14.8 Å². The maximum atomic E-state index is 11.5. The van der Waals surface area contributed by atoms with E-state index in [9.17, 15) is 4.79 Å². The molecule has 0 spiro atoms. The van der Waals surface area contributed by atoms with Crippen molar-refractivity contribution >= 4 is 17.7 Å². The summed E-state index contributed by atoms with van der Waals surface area (Å²) in [6.45, 7) is 3.86. The van der Waals surface area contributed by atoms with E-state index in [0.717, 1.165) is 37.0 Å². The van der Waals surface area contributed by atoms with Crippen molar-refractivity contribution in [3.8, 4) is 0 Å². The number of ether oxygens (including phenoxy) is 2. The molecular weight excluding hydrogens is 290 g/mol. The lowest BCUT2D eigenvalue weighted by Gasteiger charge is -2.14. The molecule has 0 radical (unpaired) electrons. The van der Waals surface area contributed by atoms with Crippen LogP contribution in [-0.2, 0) is 20.8 Å². The minimum atomic E-state index is -0.206. The predicted octanol–water partition coefficient (Wildman–Crippen LogP) is 1.99. The monoisotopic (exact) mass is 311 g/mol. The summed E-state index contributed by atoms with van der Waals surface area (Å²) in [5.74, 6) is 1.66. The average molecular weight is 311 g/mol. The third kappa shape index (κ3) is 3.77. The largest absolute Gasteiger partial charge is 0.465 e. The molecule has 1 saturated heterocycles. The van der Waals surface area contributed by atoms with Crippen molar-refractivity contribution in [2.45, 2.75) is 56.3 Å². The average Bonchev–Trinajstić information content (AvgIpc) is 3.04. The lowest BCUT2D eigenvalue weighted by molar-refractivity contribution is -0.139. The van der Waals surface area contributed by atoms with Crippen LogP contribution in [0.1, 0.15) is 44.3 Å². The molecule has 1 unspecified atom stereocenters. The lowest BCUT2D eigenvalue weighted by Crippen LogP contribution is -2.18. The second kappa shape index (κ2) is 6.79. The smallest absolute Gasteiger partial charge is 0.316 e. The fraction of sp³-hybridized carbons (Fsp3) is 0.786. The fourth-order valence-corrected chi connectivity index (χ4v) is 3.29. The summed E-state index contributed by atoms with van der Waals surface area (Å²) in [6, 6.07) is 0. The normalized spacial score (nSPS) is 21.7. The van der Waals surface area contributed by atoms with Gasteiger partial charge in [0.05, 0.1) is 25.0 Å². The highest BCUT2D eigenvalue weighted by Gasteiger charge is 2.31. The first kappa shape index (κ1) is 14.8. The molecule has 1 atom stereocenters. The molecule has 1 aromatic heterocycles. The second-order valence-corrected chi connectivity index (χ2v) is 6.40. The van der Waals surface area contributed by atoms with Gasteiger partial charge in [-0.05, 0) is 32.6 Å². The summed E-state index contributed by atoms with van der Waals surface area (Å²) in [4.78, 5) is 11.5. The highest BCUT2D eigenvalue weighted by molar-refractivity contribution is 7.99. The number of thioether (sulfide) groups is 1. The lowest BCUT2D eigenvalue weighted by atomic mass is 10.2. The van der Waals surface area contributed by atoms with Gasteiger partial charge in [0.2, 0.25) is 0 Å². The number of carbonyl (C=O) groups is 1. The van der Waals surface area contributed by atoms with Crippen LogP contribution in [0, 0.1) is 0 Å². The Morgan fingerprint density at radius 3 is 2.95 bits per heavy atom. The van der Waals surface area contributed by atoms with Gasteiger partial charge >= 0.3 is 5.97 Å². The first-order valence-electron chi connectivity index (χ1n) is 7.61. The van der Waals surface area contributed by atoms with Crippen molar-refractivity contribution < 1.29 is 14.3 Å². The summed E-state index contributed by atoms with van der Waals surface area (Å²) in [5.41, 5.74) is 0. The van der Waals surface area contributed by atoms with Gasteiger partial charge in [-0.1, -0.05) is 11.8 Å². The summed E-state index contributed by atoms with van der Waals surface area (Å²) >= 11 is 1.40. The zero-order chi connectivity index (χ0) is 14.7. The third-order valence-electron chi connectivity index (χ3n) is 3.72. The van der Waals surface area contributed by atoms with E-state index in [4.69, 9.17) is 9.47 Å². The topological polar surface area (TPSA) is 66.2 Å². The Hall–Kier alpha value is -1.08. The van der Waals surface area contributed by atoms with Crippen LogP contribution in [0.4, 0.5) is 0 Å². The van der Waals surface area contributed by atoms with E-state index >= 15 is 0 Å². The van der Waals surface area contributed by atoms with E-state index in [1.807, 2.05) is 6.92 Å². The number of aromatic nitrogens is 3. The molecule has 2 aliphatic rings. The standard InChI is InChI=1S/C14H21N3O3S/c1-2-19-12(18)9-21-14-16-15-13(10-5-6-10)17(14)8-11-4-3-7-20-11/h10-11H,2-9H2,1H3. The van der Waals surface area contributed by atoms with Crippen molar-refractivity contribution in [2.75, 3.05) is 19.0 Å². The van der Waals surface area contributed by atoms with Gasteiger partial charge in [0.1, 0.15) is 5.82 Å². The Balaban J connectivity index is 1.68. The van der Waals surface area contributed by atoms with Crippen molar-refractivity contribution in [2.24, 2.45) is 0 Å². The Morgan fingerprint density at radius 1 is 1.43 bits per heavy atom.